The largest absolute Gasteiger partial charge is 0.508 e. The van der Waals surface area contributed by atoms with Crippen molar-refractivity contribution in [2.24, 2.45) is 0 Å². The van der Waals surface area contributed by atoms with E-state index >= 15 is 0 Å². The minimum absolute atomic E-state index is 0.288. The van der Waals surface area contributed by atoms with Crippen molar-refractivity contribution in [2.45, 2.75) is 6.54 Å². The molecule has 18 heavy (non-hydrogen) atoms. The fourth-order valence-corrected chi connectivity index (χ4v) is 1.57. The average molecular weight is 243 g/mol. The normalized spacial score (nSPS) is 10.1. The summed E-state index contributed by atoms with van der Waals surface area (Å²) < 4.78 is 0. The Morgan fingerprint density at radius 3 is 2.39 bits per heavy atom. The van der Waals surface area contributed by atoms with Crippen LogP contribution in [0, 0.1) is 0 Å². The molecule has 4 heteroatoms. The Morgan fingerprint density at radius 1 is 1.11 bits per heavy atom. The molecule has 0 aliphatic carbocycles. The molecule has 2 aromatic rings. The first-order valence-corrected chi connectivity index (χ1v) is 5.80. The van der Waals surface area contributed by atoms with Gasteiger partial charge in [0, 0.05) is 20.6 Å². The maximum Gasteiger partial charge on any atom is 0.128 e. The van der Waals surface area contributed by atoms with Gasteiger partial charge in [-0.25, -0.2) is 4.98 Å². The number of hydrogen-bond acceptors (Lipinski definition) is 4. The number of nitrogens with zero attached hydrogens (tertiary/aromatic N) is 2. The SMILES string of the molecule is CN(C)c1ccc(NCc2ccc(O)cc2)cn1. The lowest BCUT2D eigenvalue weighted by molar-refractivity contribution is 0.475. The van der Waals surface area contributed by atoms with Crippen LogP contribution in [0.15, 0.2) is 42.6 Å². The van der Waals surface area contributed by atoms with Crippen LogP contribution in [0.5, 0.6) is 5.75 Å². The summed E-state index contributed by atoms with van der Waals surface area (Å²) in [6.07, 6.45) is 1.82. The Bertz CT molecular complexity index is 491. The van der Waals surface area contributed by atoms with Gasteiger partial charge in [-0.1, -0.05) is 12.1 Å². The third-order valence-corrected chi connectivity index (χ3v) is 2.64. The Kier molecular flexibility index (Phi) is 3.67. The summed E-state index contributed by atoms with van der Waals surface area (Å²) >= 11 is 0. The van der Waals surface area contributed by atoms with Crippen LogP contribution in [0.3, 0.4) is 0 Å². The minimum atomic E-state index is 0.288. The van der Waals surface area contributed by atoms with Crippen LogP contribution in [0.1, 0.15) is 5.56 Å². The van der Waals surface area contributed by atoms with Gasteiger partial charge < -0.3 is 15.3 Å². The highest BCUT2D eigenvalue weighted by Gasteiger charge is 1.98. The fourth-order valence-electron chi connectivity index (χ4n) is 1.57. The third kappa shape index (κ3) is 3.13. The molecule has 4 nitrogen and oxygen atoms in total. The van der Waals surface area contributed by atoms with Crippen LogP contribution in [-0.2, 0) is 6.54 Å². The summed E-state index contributed by atoms with van der Waals surface area (Å²) in [6.45, 7) is 0.712. The zero-order chi connectivity index (χ0) is 13.0. The fraction of sp³-hybridized carbons (Fsp3) is 0.214. The van der Waals surface area contributed by atoms with E-state index in [1.807, 2.05) is 49.5 Å². The molecular formula is C14H17N3O. The van der Waals surface area contributed by atoms with E-state index in [1.165, 1.54) is 0 Å². The molecule has 0 atom stereocenters. The number of rotatable bonds is 4. The minimum Gasteiger partial charge on any atom is -0.508 e. The molecule has 1 heterocycles. The van der Waals surface area contributed by atoms with Crippen molar-refractivity contribution in [2.75, 3.05) is 24.3 Å². The summed E-state index contributed by atoms with van der Waals surface area (Å²) in [5.41, 5.74) is 2.10. The predicted octanol–water partition coefficient (Wildman–Crippen LogP) is 2.47. The van der Waals surface area contributed by atoms with Crippen molar-refractivity contribution in [1.29, 1.82) is 0 Å². The second kappa shape index (κ2) is 5.40. The van der Waals surface area contributed by atoms with Crippen molar-refractivity contribution >= 4 is 11.5 Å². The molecule has 94 valence electrons. The Hall–Kier alpha value is -2.23. The number of hydrogen-bond donors (Lipinski definition) is 2. The molecule has 0 saturated carbocycles. The summed E-state index contributed by atoms with van der Waals surface area (Å²) in [7, 11) is 3.93. The highest BCUT2D eigenvalue weighted by molar-refractivity contribution is 5.48. The van der Waals surface area contributed by atoms with Crippen LogP contribution in [0.4, 0.5) is 11.5 Å². The molecule has 2 N–H and O–H groups in total. The Balaban J connectivity index is 1.95. The quantitative estimate of drug-likeness (QED) is 0.866. The average Bonchev–Trinajstić information content (AvgIpc) is 2.38. The van der Waals surface area contributed by atoms with E-state index < -0.39 is 0 Å². The first-order chi connectivity index (χ1) is 8.65. The molecule has 0 amide bonds. The van der Waals surface area contributed by atoms with Crippen LogP contribution < -0.4 is 10.2 Å². The van der Waals surface area contributed by atoms with Crippen molar-refractivity contribution in [1.82, 2.24) is 4.98 Å². The van der Waals surface area contributed by atoms with Gasteiger partial charge >= 0.3 is 0 Å². The molecule has 0 radical (unpaired) electrons. The van der Waals surface area contributed by atoms with E-state index in [4.69, 9.17) is 0 Å². The first kappa shape index (κ1) is 12.2. The topological polar surface area (TPSA) is 48.4 Å². The number of phenols is 1. The second-order valence-electron chi connectivity index (χ2n) is 4.32. The van der Waals surface area contributed by atoms with Gasteiger partial charge in [0.25, 0.3) is 0 Å². The van der Waals surface area contributed by atoms with Gasteiger partial charge in [-0.05, 0) is 29.8 Å². The Morgan fingerprint density at radius 2 is 1.83 bits per heavy atom. The summed E-state index contributed by atoms with van der Waals surface area (Å²) in [5, 5.41) is 12.5. The second-order valence-corrected chi connectivity index (χ2v) is 4.32. The lowest BCUT2D eigenvalue weighted by atomic mass is 10.2. The van der Waals surface area contributed by atoms with E-state index in [0.29, 0.717) is 6.54 Å². The van der Waals surface area contributed by atoms with Gasteiger partial charge in [-0.15, -0.1) is 0 Å². The van der Waals surface area contributed by atoms with Gasteiger partial charge in [0.1, 0.15) is 11.6 Å². The number of phenolic OH excluding ortho intramolecular Hbond substituents is 1. The number of benzene rings is 1. The standard InChI is InChI=1S/C14H17N3O/c1-17(2)14-8-5-12(10-16-14)15-9-11-3-6-13(18)7-4-11/h3-8,10,15,18H,9H2,1-2H3. The van der Waals surface area contributed by atoms with Crippen LogP contribution in [-0.4, -0.2) is 24.2 Å². The van der Waals surface area contributed by atoms with Gasteiger partial charge in [0.05, 0.1) is 11.9 Å². The van der Waals surface area contributed by atoms with Gasteiger partial charge in [-0.3, -0.25) is 0 Å². The molecular weight excluding hydrogens is 226 g/mol. The first-order valence-electron chi connectivity index (χ1n) is 5.80. The molecule has 0 aliphatic heterocycles. The summed E-state index contributed by atoms with van der Waals surface area (Å²) in [5.74, 6) is 1.22. The summed E-state index contributed by atoms with van der Waals surface area (Å²) in [6, 6.07) is 11.1. The highest BCUT2D eigenvalue weighted by atomic mass is 16.3. The maximum atomic E-state index is 9.19. The van der Waals surface area contributed by atoms with Gasteiger partial charge in [0.15, 0.2) is 0 Å². The van der Waals surface area contributed by atoms with E-state index in [-0.39, 0.29) is 5.75 Å². The van der Waals surface area contributed by atoms with Gasteiger partial charge in [-0.2, -0.15) is 0 Å². The zero-order valence-electron chi connectivity index (χ0n) is 10.6. The Labute approximate surface area is 107 Å². The number of pyridine rings is 1. The zero-order valence-corrected chi connectivity index (χ0v) is 10.6. The lowest BCUT2D eigenvalue weighted by Crippen LogP contribution is -2.10. The molecule has 0 saturated heterocycles. The van der Waals surface area contributed by atoms with Crippen molar-refractivity contribution in [3.8, 4) is 5.75 Å². The van der Waals surface area contributed by atoms with Crippen molar-refractivity contribution < 1.29 is 5.11 Å². The van der Waals surface area contributed by atoms with E-state index in [9.17, 15) is 5.11 Å². The number of anilines is 2. The predicted molar refractivity (Wildman–Crippen MR) is 74.0 cm³/mol. The third-order valence-electron chi connectivity index (χ3n) is 2.64. The molecule has 0 fully saturated rings. The highest BCUT2D eigenvalue weighted by Crippen LogP contribution is 2.14. The van der Waals surface area contributed by atoms with Crippen molar-refractivity contribution in [3.63, 3.8) is 0 Å². The monoisotopic (exact) mass is 243 g/mol. The van der Waals surface area contributed by atoms with E-state index in [1.54, 1.807) is 12.1 Å². The van der Waals surface area contributed by atoms with E-state index in [2.05, 4.69) is 10.3 Å². The number of aromatic hydroxyl groups is 1. The molecule has 0 spiro atoms. The molecule has 0 unspecified atom stereocenters. The van der Waals surface area contributed by atoms with Gasteiger partial charge in [0.2, 0.25) is 0 Å². The van der Waals surface area contributed by atoms with Crippen LogP contribution >= 0.6 is 0 Å². The number of aromatic nitrogens is 1. The van der Waals surface area contributed by atoms with Crippen LogP contribution in [0.25, 0.3) is 0 Å². The smallest absolute Gasteiger partial charge is 0.128 e. The van der Waals surface area contributed by atoms with Crippen LogP contribution in [0.2, 0.25) is 0 Å². The maximum absolute atomic E-state index is 9.19. The molecule has 1 aromatic heterocycles. The van der Waals surface area contributed by atoms with Crippen molar-refractivity contribution in [3.05, 3.63) is 48.2 Å². The molecule has 1 aromatic carbocycles. The molecule has 2 rings (SSSR count). The summed E-state index contributed by atoms with van der Waals surface area (Å²) in [4.78, 5) is 6.29. The lowest BCUT2D eigenvalue weighted by Gasteiger charge is -2.12. The van der Waals surface area contributed by atoms with E-state index in [0.717, 1.165) is 17.1 Å². The molecule has 0 bridgehead atoms. The molecule has 0 aliphatic rings. The number of nitrogens with one attached hydrogen (secondary N) is 1.